The summed E-state index contributed by atoms with van der Waals surface area (Å²) in [6.07, 6.45) is 10.4. The molecule has 0 saturated carbocycles. The Labute approximate surface area is 121 Å². The van der Waals surface area contributed by atoms with Crippen LogP contribution in [0.25, 0.3) is 0 Å². The van der Waals surface area contributed by atoms with E-state index in [4.69, 9.17) is 0 Å². The van der Waals surface area contributed by atoms with Gasteiger partial charge in [-0.05, 0) is 48.4 Å². The molecule has 0 aromatic heterocycles. The number of unbranched alkanes of at least 4 members (excludes halogenated alkanes) is 1. The van der Waals surface area contributed by atoms with E-state index in [2.05, 4.69) is 54.7 Å². The Morgan fingerprint density at radius 3 is 2.30 bits per heavy atom. The maximum atomic E-state index is 4.60. The maximum absolute atomic E-state index is 4.60. The fourth-order valence-corrected chi connectivity index (χ4v) is 2.03. The zero-order valence-corrected chi connectivity index (χ0v) is 12.3. The van der Waals surface area contributed by atoms with Gasteiger partial charge in [-0.1, -0.05) is 32.1 Å². The van der Waals surface area contributed by atoms with Crippen LogP contribution >= 0.6 is 0 Å². The first kappa shape index (κ1) is 14.3. The van der Waals surface area contributed by atoms with Crippen LogP contribution in [-0.4, -0.2) is 19.3 Å². The van der Waals surface area contributed by atoms with Gasteiger partial charge in [0.25, 0.3) is 0 Å². The van der Waals surface area contributed by atoms with E-state index in [-0.39, 0.29) is 0 Å². The van der Waals surface area contributed by atoms with E-state index < -0.39 is 0 Å². The van der Waals surface area contributed by atoms with Gasteiger partial charge < -0.3 is 4.90 Å². The molecule has 0 spiro atoms. The number of allylic oxidation sites excluding steroid dienone is 5. The molecule has 0 unspecified atom stereocenters. The van der Waals surface area contributed by atoms with Crippen LogP contribution in [0.15, 0.2) is 65.7 Å². The number of rotatable bonds is 5. The molecule has 1 aliphatic rings. The Morgan fingerprint density at radius 1 is 1.05 bits per heavy atom. The molecule has 20 heavy (non-hydrogen) atoms. The minimum Gasteiger partial charge on any atom is -0.375 e. The van der Waals surface area contributed by atoms with Crippen LogP contribution in [0, 0.1) is 0 Å². The maximum Gasteiger partial charge on any atom is 0.0638 e. The highest BCUT2D eigenvalue weighted by Crippen LogP contribution is 2.20. The van der Waals surface area contributed by atoms with Crippen molar-refractivity contribution in [1.82, 2.24) is 0 Å². The number of nitrogens with zero attached hydrogens (tertiary/aromatic N) is 2. The molecular formula is C18H22N2. The van der Waals surface area contributed by atoms with Gasteiger partial charge in [0.05, 0.1) is 11.4 Å². The molecule has 0 aliphatic heterocycles. The van der Waals surface area contributed by atoms with Gasteiger partial charge in [-0.3, -0.25) is 0 Å². The molecule has 1 aliphatic carbocycles. The van der Waals surface area contributed by atoms with Crippen LogP contribution in [0.4, 0.5) is 11.4 Å². The normalized spacial score (nSPS) is 13.7. The first-order chi connectivity index (χ1) is 9.69. The lowest BCUT2D eigenvalue weighted by Crippen LogP contribution is -2.17. The van der Waals surface area contributed by atoms with Crippen molar-refractivity contribution >= 4 is 17.1 Å². The number of benzene rings is 1. The van der Waals surface area contributed by atoms with Crippen molar-refractivity contribution in [1.29, 1.82) is 0 Å². The van der Waals surface area contributed by atoms with Crippen molar-refractivity contribution < 1.29 is 0 Å². The highest BCUT2D eigenvalue weighted by Gasteiger charge is 2.01. The van der Waals surface area contributed by atoms with Crippen molar-refractivity contribution in [3.8, 4) is 0 Å². The van der Waals surface area contributed by atoms with Crippen LogP contribution in [0.2, 0.25) is 0 Å². The minimum atomic E-state index is 0.962. The molecule has 0 saturated heterocycles. The summed E-state index contributed by atoms with van der Waals surface area (Å²) >= 11 is 0. The molecule has 0 N–H and O–H groups in total. The predicted octanol–water partition coefficient (Wildman–Crippen LogP) is 4.68. The van der Waals surface area contributed by atoms with Gasteiger partial charge in [-0.15, -0.1) is 0 Å². The lowest BCUT2D eigenvalue weighted by molar-refractivity contribution is 0.767. The van der Waals surface area contributed by atoms with E-state index in [1.54, 1.807) is 0 Å². The second kappa shape index (κ2) is 6.90. The number of anilines is 1. The fraction of sp³-hybridized carbons (Fsp3) is 0.278. The summed E-state index contributed by atoms with van der Waals surface area (Å²) in [5, 5.41) is 0. The van der Waals surface area contributed by atoms with Crippen molar-refractivity contribution in [2.24, 2.45) is 4.99 Å². The highest BCUT2D eigenvalue weighted by atomic mass is 15.1. The third kappa shape index (κ3) is 3.95. The molecule has 0 heterocycles. The van der Waals surface area contributed by atoms with Gasteiger partial charge in [0.1, 0.15) is 0 Å². The Hall–Kier alpha value is -2.09. The number of hydrogen-bond acceptors (Lipinski definition) is 2. The smallest absolute Gasteiger partial charge is 0.0638 e. The zero-order valence-electron chi connectivity index (χ0n) is 12.3. The molecule has 0 radical (unpaired) electrons. The molecule has 2 nitrogen and oxygen atoms in total. The van der Waals surface area contributed by atoms with Crippen molar-refractivity contribution in [3.05, 3.63) is 60.7 Å². The van der Waals surface area contributed by atoms with E-state index in [1.165, 1.54) is 18.5 Å². The van der Waals surface area contributed by atoms with Crippen molar-refractivity contribution in [3.63, 3.8) is 0 Å². The molecule has 0 atom stereocenters. The van der Waals surface area contributed by atoms with E-state index in [9.17, 15) is 0 Å². The average molecular weight is 266 g/mol. The van der Waals surface area contributed by atoms with E-state index in [0.717, 1.165) is 23.5 Å². The van der Waals surface area contributed by atoms with E-state index in [0.29, 0.717) is 0 Å². The second-order valence-electron chi connectivity index (χ2n) is 5.07. The largest absolute Gasteiger partial charge is 0.375 e. The van der Waals surface area contributed by atoms with Gasteiger partial charge in [-0.25, -0.2) is 4.99 Å². The van der Waals surface area contributed by atoms with Gasteiger partial charge in [0.2, 0.25) is 0 Å². The summed E-state index contributed by atoms with van der Waals surface area (Å²) < 4.78 is 0. The molecule has 2 rings (SSSR count). The number of aliphatic imine (C=N–C) groups is 1. The topological polar surface area (TPSA) is 15.6 Å². The molecule has 2 heteroatoms. The summed E-state index contributed by atoms with van der Waals surface area (Å²) in [5.74, 6) is 0. The van der Waals surface area contributed by atoms with Crippen LogP contribution in [-0.2, 0) is 0 Å². The number of hydrogen-bond donors (Lipinski definition) is 0. The van der Waals surface area contributed by atoms with E-state index >= 15 is 0 Å². The Bertz CT molecular complexity index is 529. The quantitative estimate of drug-likeness (QED) is 0.755. The molecule has 0 fully saturated rings. The van der Waals surface area contributed by atoms with Gasteiger partial charge >= 0.3 is 0 Å². The molecule has 1 aromatic rings. The van der Waals surface area contributed by atoms with E-state index in [1.807, 2.05) is 24.3 Å². The average Bonchev–Trinajstić information content (AvgIpc) is 2.48. The standard InChI is InChI=1S/C18H22N2/c1-4-5-14-20(3)18-12-10-17(11-13-18)19-16-8-6-15(2)7-9-16/h6-13H,2,4-5,14H2,1,3H3. The highest BCUT2D eigenvalue weighted by molar-refractivity contribution is 6.07. The summed E-state index contributed by atoms with van der Waals surface area (Å²) in [5.41, 5.74) is 4.20. The van der Waals surface area contributed by atoms with Crippen LogP contribution < -0.4 is 4.90 Å². The lowest BCUT2D eigenvalue weighted by atomic mass is 10.1. The van der Waals surface area contributed by atoms with Gasteiger partial charge in [0, 0.05) is 19.3 Å². The molecule has 0 amide bonds. The Morgan fingerprint density at radius 2 is 1.70 bits per heavy atom. The first-order valence-corrected chi connectivity index (χ1v) is 7.14. The molecular weight excluding hydrogens is 244 g/mol. The van der Waals surface area contributed by atoms with Crippen molar-refractivity contribution in [2.75, 3.05) is 18.5 Å². The predicted molar refractivity (Wildman–Crippen MR) is 89.1 cm³/mol. The molecule has 1 aromatic carbocycles. The van der Waals surface area contributed by atoms with Crippen LogP contribution in [0.1, 0.15) is 19.8 Å². The summed E-state index contributed by atoms with van der Waals surface area (Å²) in [6.45, 7) is 7.19. The summed E-state index contributed by atoms with van der Waals surface area (Å²) in [7, 11) is 2.13. The summed E-state index contributed by atoms with van der Waals surface area (Å²) in [6, 6.07) is 8.39. The third-order valence-electron chi connectivity index (χ3n) is 3.33. The first-order valence-electron chi connectivity index (χ1n) is 7.14. The minimum absolute atomic E-state index is 0.962. The Balaban J connectivity index is 2.05. The van der Waals surface area contributed by atoms with Gasteiger partial charge in [0.15, 0.2) is 0 Å². The van der Waals surface area contributed by atoms with Crippen LogP contribution in [0.3, 0.4) is 0 Å². The lowest BCUT2D eigenvalue weighted by Gasteiger charge is -2.18. The molecule has 104 valence electrons. The van der Waals surface area contributed by atoms with Crippen molar-refractivity contribution in [2.45, 2.75) is 19.8 Å². The van der Waals surface area contributed by atoms with Crippen LogP contribution in [0.5, 0.6) is 0 Å². The third-order valence-corrected chi connectivity index (χ3v) is 3.33. The monoisotopic (exact) mass is 266 g/mol. The second-order valence-corrected chi connectivity index (χ2v) is 5.07. The molecule has 0 bridgehead atoms. The zero-order chi connectivity index (χ0) is 14.4. The Kier molecular flexibility index (Phi) is 4.94. The fourth-order valence-electron chi connectivity index (χ4n) is 2.03. The summed E-state index contributed by atoms with van der Waals surface area (Å²) in [4.78, 5) is 6.88. The SMILES string of the molecule is C=C1C=CC(=Nc2ccc(N(C)CCCC)cc2)C=C1. The van der Waals surface area contributed by atoms with Gasteiger partial charge in [-0.2, -0.15) is 0 Å².